The lowest BCUT2D eigenvalue weighted by molar-refractivity contribution is 0.101. The first-order valence-corrected chi connectivity index (χ1v) is 11.0. The summed E-state index contributed by atoms with van der Waals surface area (Å²) in [6.45, 7) is 1.51. The number of amides is 1. The molecule has 1 amide bonds. The average Bonchev–Trinajstić information content (AvgIpc) is 2.88. The van der Waals surface area contributed by atoms with E-state index in [9.17, 15) is 9.59 Å². The van der Waals surface area contributed by atoms with Gasteiger partial charge in [0.1, 0.15) is 0 Å². The summed E-state index contributed by atoms with van der Waals surface area (Å²) in [5.41, 5.74) is 4.77. The van der Waals surface area contributed by atoms with Crippen molar-refractivity contribution in [3.63, 3.8) is 0 Å². The first-order valence-electron chi connectivity index (χ1n) is 11.0. The lowest BCUT2D eigenvalue weighted by Crippen LogP contribution is -2.12. The fourth-order valence-electron chi connectivity index (χ4n) is 4.41. The van der Waals surface area contributed by atoms with E-state index in [1.54, 1.807) is 36.4 Å². The molecule has 0 bridgehead atoms. The quantitative estimate of drug-likeness (QED) is 0.192. The van der Waals surface area contributed by atoms with Gasteiger partial charge in [-0.05, 0) is 60.2 Å². The van der Waals surface area contributed by atoms with E-state index in [2.05, 4.69) is 29.6 Å². The van der Waals surface area contributed by atoms with Crippen molar-refractivity contribution >= 4 is 61.0 Å². The Morgan fingerprint density at radius 3 is 1.74 bits per heavy atom. The third kappa shape index (κ3) is 3.26. The molecule has 1 aromatic heterocycles. The van der Waals surface area contributed by atoms with Crippen LogP contribution in [0.1, 0.15) is 27.6 Å². The molecule has 34 heavy (non-hydrogen) atoms. The van der Waals surface area contributed by atoms with E-state index in [-0.39, 0.29) is 11.7 Å². The van der Waals surface area contributed by atoms with Gasteiger partial charge in [0.15, 0.2) is 5.78 Å². The maximum atomic E-state index is 12.9. The Kier molecular flexibility index (Phi) is 4.56. The molecule has 0 unspecified atom stereocenters. The number of anilines is 1. The summed E-state index contributed by atoms with van der Waals surface area (Å²) in [6, 6.07) is 28.6. The Labute approximate surface area is 195 Å². The Bertz CT molecular complexity index is 1770. The molecule has 6 rings (SSSR count). The van der Waals surface area contributed by atoms with Crippen LogP contribution in [0.5, 0.6) is 0 Å². The van der Waals surface area contributed by atoms with E-state index in [1.165, 1.54) is 6.92 Å². The number of nitrogens with zero attached hydrogens (tertiary/aromatic N) is 2. The van der Waals surface area contributed by atoms with Gasteiger partial charge in [-0.3, -0.25) is 9.59 Å². The molecule has 0 spiro atoms. The molecule has 5 heteroatoms. The molecule has 6 aromatic rings. The number of carbonyl (C=O) groups excluding carboxylic acids is 2. The van der Waals surface area contributed by atoms with Gasteiger partial charge in [-0.1, -0.05) is 48.5 Å². The number of hydrogen-bond donors (Lipinski definition) is 1. The van der Waals surface area contributed by atoms with E-state index in [1.807, 2.05) is 30.3 Å². The van der Waals surface area contributed by atoms with Crippen LogP contribution in [0.4, 0.5) is 5.69 Å². The summed E-state index contributed by atoms with van der Waals surface area (Å²) in [7, 11) is 0. The summed E-state index contributed by atoms with van der Waals surface area (Å²) >= 11 is 0. The van der Waals surface area contributed by atoms with Crippen LogP contribution in [0.15, 0.2) is 91.0 Å². The van der Waals surface area contributed by atoms with Gasteiger partial charge in [0, 0.05) is 27.6 Å². The number of Topliss-reactive ketones (excluding diaryl/α,β-unsaturated/α-hetero) is 1. The highest BCUT2D eigenvalue weighted by molar-refractivity contribution is 6.23. The molecule has 5 aromatic carbocycles. The minimum absolute atomic E-state index is 0.0153. The molecule has 0 saturated carbocycles. The number of ketones is 1. The van der Waals surface area contributed by atoms with Crippen LogP contribution in [0.3, 0.4) is 0 Å². The monoisotopic (exact) mass is 441 g/mol. The Morgan fingerprint density at radius 1 is 0.618 bits per heavy atom. The van der Waals surface area contributed by atoms with Crippen LogP contribution in [-0.4, -0.2) is 21.7 Å². The van der Waals surface area contributed by atoms with Crippen molar-refractivity contribution in [3.05, 3.63) is 102 Å². The van der Waals surface area contributed by atoms with Gasteiger partial charge in [-0.2, -0.15) is 0 Å². The van der Waals surface area contributed by atoms with Crippen molar-refractivity contribution in [2.24, 2.45) is 0 Å². The number of hydrogen-bond acceptors (Lipinski definition) is 4. The van der Waals surface area contributed by atoms with Crippen molar-refractivity contribution in [2.45, 2.75) is 6.92 Å². The standard InChI is InChI=1S/C29H19N3O2/c1-17(33)18-10-13-20(14-11-18)30-29(34)19-12-15-25-26(16-19)32-28-24-9-5-3-7-22(24)21-6-2-4-8-23(21)27(28)31-25/h2-16H,1H3,(H,30,34). The second-order valence-electron chi connectivity index (χ2n) is 8.30. The van der Waals surface area contributed by atoms with Crippen LogP contribution in [0.2, 0.25) is 0 Å². The Hall–Kier alpha value is -4.64. The van der Waals surface area contributed by atoms with Crippen LogP contribution in [-0.2, 0) is 0 Å². The van der Waals surface area contributed by atoms with E-state index < -0.39 is 0 Å². The van der Waals surface area contributed by atoms with Gasteiger partial charge in [-0.15, -0.1) is 0 Å². The van der Waals surface area contributed by atoms with Gasteiger partial charge in [0.2, 0.25) is 0 Å². The molecular formula is C29H19N3O2. The number of rotatable bonds is 3. The normalized spacial score (nSPS) is 11.3. The number of fused-ring (bicyclic) bond motifs is 7. The minimum Gasteiger partial charge on any atom is -0.322 e. The number of aromatic nitrogens is 2. The molecule has 0 aliphatic carbocycles. The zero-order chi connectivity index (χ0) is 23.2. The highest BCUT2D eigenvalue weighted by Crippen LogP contribution is 2.34. The maximum absolute atomic E-state index is 12.9. The molecule has 1 N–H and O–H groups in total. The SMILES string of the molecule is CC(=O)c1ccc(NC(=O)c2ccc3nc4c5ccccc5c5ccccc5c4nc3c2)cc1. The zero-order valence-corrected chi connectivity index (χ0v) is 18.4. The smallest absolute Gasteiger partial charge is 0.255 e. The van der Waals surface area contributed by atoms with E-state index in [4.69, 9.17) is 9.97 Å². The van der Waals surface area contributed by atoms with Crippen LogP contribution < -0.4 is 5.32 Å². The predicted molar refractivity (Wildman–Crippen MR) is 136 cm³/mol. The Morgan fingerprint density at radius 2 is 1.15 bits per heavy atom. The molecule has 0 fully saturated rings. The molecule has 0 saturated heterocycles. The van der Waals surface area contributed by atoms with Crippen molar-refractivity contribution in [2.75, 3.05) is 5.32 Å². The van der Waals surface area contributed by atoms with E-state index >= 15 is 0 Å². The summed E-state index contributed by atoms with van der Waals surface area (Å²) in [5, 5.41) is 7.24. The second-order valence-corrected chi connectivity index (χ2v) is 8.30. The topological polar surface area (TPSA) is 72.0 Å². The van der Waals surface area contributed by atoms with Crippen LogP contribution in [0, 0.1) is 0 Å². The fourth-order valence-corrected chi connectivity index (χ4v) is 4.41. The van der Waals surface area contributed by atoms with Crippen molar-refractivity contribution in [1.82, 2.24) is 9.97 Å². The Balaban J connectivity index is 1.47. The maximum Gasteiger partial charge on any atom is 0.255 e. The van der Waals surface area contributed by atoms with Crippen molar-refractivity contribution < 1.29 is 9.59 Å². The summed E-state index contributed by atoms with van der Waals surface area (Å²) in [6.07, 6.45) is 0. The molecule has 0 radical (unpaired) electrons. The number of carbonyl (C=O) groups is 2. The lowest BCUT2D eigenvalue weighted by atomic mass is 9.99. The zero-order valence-electron chi connectivity index (χ0n) is 18.4. The third-order valence-electron chi connectivity index (χ3n) is 6.13. The van der Waals surface area contributed by atoms with Gasteiger partial charge in [0.05, 0.1) is 22.1 Å². The molecular weight excluding hydrogens is 422 g/mol. The van der Waals surface area contributed by atoms with E-state index in [0.29, 0.717) is 22.3 Å². The predicted octanol–water partition coefficient (Wildman–Crippen LogP) is 6.54. The fraction of sp³-hybridized carbons (Fsp3) is 0.0345. The summed E-state index contributed by atoms with van der Waals surface area (Å²) in [4.78, 5) is 34.3. The van der Waals surface area contributed by atoms with Gasteiger partial charge >= 0.3 is 0 Å². The summed E-state index contributed by atoms with van der Waals surface area (Å²) < 4.78 is 0. The van der Waals surface area contributed by atoms with Crippen molar-refractivity contribution in [3.8, 4) is 0 Å². The molecule has 0 aliphatic heterocycles. The summed E-state index contributed by atoms with van der Waals surface area (Å²) in [5.74, 6) is -0.263. The molecule has 0 atom stereocenters. The largest absolute Gasteiger partial charge is 0.322 e. The first kappa shape index (κ1) is 20.0. The second kappa shape index (κ2) is 7.74. The van der Waals surface area contributed by atoms with Crippen LogP contribution >= 0.6 is 0 Å². The average molecular weight is 441 g/mol. The molecule has 1 heterocycles. The molecule has 0 aliphatic rings. The highest BCUT2D eigenvalue weighted by Gasteiger charge is 2.14. The minimum atomic E-state index is -0.247. The van der Waals surface area contributed by atoms with Crippen LogP contribution in [0.25, 0.3) is 43.6 Å². The molecule has 162 valence electrons. The number of benzene rings is 5. The lowest BCUT2D eigenvalue weighted by Gasteiger charge is -2.11. The van der Waals surface area contributed by atoms with Gasteiger partial charge < -0.3 is 5.32 Å². The third-order valence-corrected chi connectivity index (χ3v) is 6.13. The van der Waals surface area contributed by atoms with Gasteiger partial charge in [-0.25, -0.2) is 9.97 Å². The van der Waals surface area contributed by atoms with Gasteiger partial charge in [0.25, 0.3) is 5.91 Å². The number of nitrogens with one attached hydrogen (secondary N) is 1. The van der Waals surface area contributed by atoms with Crippen molar-refractivity contribution in [1.29, 1.82) is 0 Å². The highest BCUT2D eigenvalue weighted by atomic mass is 16.1. The first-order chi connectivity index (χ1) is 16.6. The molecule has 5 nitrogen and oxygen atoms in total. The van der Waals surface area contributed by atoms with E-state index in [0.717, 1.165) is 38.1 Å².